The fourth-order valence-corrected chi connectivity index (χ4v) is 3.20. The topological polar surface area (TPSA) is 70.5 Å². The summed E-state index contributed by atoms with van der Waals surface area (Å²) < 4.78 is 22.9. The van der Waals surface area contributed by atoms with Gasteiger partial charge in [-0.2, -0.15) is 0 Å². The van der Waals surface area contributed by atoms with Crippen LogP contribution in [-0.4, -0.2) is 48.0 Å². The highest BCUT2D eigenvalue weighted by Crippen LogP contribution is 2.11. The lowest BCUT2D eigenvalue weighted by Crippen LogP contribution is -2.26. The largest absolute Gasteiger partial charge is 0.506 e. The highest BCUT2D eigenvalue weighted by molar-refractivity contribution is 7.91. The van der Waals surface area contributed by atoms with E-state index >= 15 is 0 Å². The quantitative estimate of drug-likeness (QED) is 0.829. The van der Waals surface area contributed by atoms with Crippen molar-refractivity contribution in [1.82, 2.24) is 9.88 Å². The Labute approximate surface area is 101 Å². The van der Waals surface area contributed by atoms with E-state index in [0.29, 0.717) is 19.5 Å². The minimum absolute atomic E-state index is 0.146. The van der Waals surface area contributed by atoms with E-state index in [0.717, 1.165) is 12.2 Å². The van der Waals surface area contributed by atoms with Crippen LogP contribution in [0.4, 0.5) is 0 Å². The van der Waals surface area contributed by atoms with Gasteiger partial charge in [-0.25, -0.2) is 8.42 Å². The number of pyridine rings is 1. The van der Waals surface area contributed by atoms with Gasteiger partial charge in [0, 0.05) is 13.1 Å². The van der Waals surface area contributed by atoms with E-state index in [4.69, 9.17) is 5.11 Å². The molecule has 0 aromatic carbocycles. The van der Waals surface area contributed by atoms with Crippen molar-refractivity contribution in [3.05, 3.63) is 24.0 Å². The van der Waals surface area contributed by atoms with Gasteiger partial charge in [0.05, 0.1) is 23.4 Å². The third-order valence-electron chi connectivity index (χ3n) is 2.84. The zero-order chi connectivity index (χ0) is 12.3. The predicted molar refractivity (Wildman–Crippen MR) is 64.4 cm³/mol. The molecule has 17 heavy (non-hydrogen) atoms. The van der Waals surface area contributed by atoms with Gasteiger partial charge in [-0.1, -0.05) is 0 Å². The Balaban J connectivity index is 1.97. The average molecular weight is 256 g/mol. The first kappa shape index (κ1) is 12.3. The van der Waals surface area contributed by atoms with Crippen molar-refractivity contribution in [3.8, 4) is 5.75 Å². The van der Waals surface area contributed by atoms with Crippen molar-refractivity contribution in [3.63, 3.8) is 0 Å². The molecule has 2 rings (SSSR count). The molecule has 94 valence electrons. The van der Waals surface area contributed by atoms with Gasteiger partial charge in [-0.05, 0) is 25.1 Å². The minimum Gasteiger partial charge on any atom is -0.506 e. The van der Waals surface area contributed by atoms with Crippen molar-refractivity contribution in [2.24, 2.45) is 0 Å². The molecule has 1 aliphatic rings. The Morgan fingerprint density at radius 2 is 2.12 bits per heavy atom. The van der Waals surface area contributed by atoms with Gasteiger partial charge in [0.2, 0.25) is 0 Å². The molecule has 0 bridgehead atoms. The molecule has 1 saturated heterocycles. The molecule has 0 aliphatic carbocycles. The molecular formula is C11H16N2O3S. The van der Waals surface area contributed by atoms with Crippen LogP contribution in [0.3, 0.4) is 0 Å². The lowest BCUT2D eigenvalue weighted by atomic mass is 10.3. The Bertz CT molecular complexity index is 470. The fourth-order valence-electron chi connectivity index (χ4n) is 1.89. The first-order valence-corrected chi connectivity index (χ1v) is 7.44. The Morgan fingerprint density at radius 1 is 1.29 bits per heavy atom. The van der Waals surface area contributed by atoms with Crippen molar-refractivity contribution >= 4 is 9.84 Å². The van der Waals surface area contributed by atoms with E-state index < -0.39 is 9.84 Å². The molecule has 0 saturated carbocycles. The number of aromatic nitrogens is 1. The minimum atomic E-state index is -2.85. The number of nitrogens with zero attached hydrogens (tertiary/aromatic N) is 2. The van der Waals surface area contributed by atoms with E-state index in [1.54, 1.807) is 12.1 Å². The van der Waals surface area contributed by atoms with E-state index in [1.807, 2.05) is 0 Å². The summed E-state index contributed by atoms with van der Waals surface area (Å²) in [6.45, 7) is 1.97. The van der Waals surface area contributed by atoms with Gasteiger partial charge in [0.25, 0.3) is 0 Å². The predicted octanol–water partition coefficient (Wildman–Crippen LogP) is 0.408. The number of hydrogen-bond donors (Lipinski definition) is 1. The average Bonchev–Trinajstić information content (AvgIpc) is 2.44. The summed E-state index contributed by atoms with van der Waals surface area (Å²) in [7, 11) is -2.85. The maximum Gasteiger partial charge on any atom is 0.151 e. The van der Waals surface area contributed by atoms with Crippen LogP contribution in [0.2, 0.25) is 0 Å². The lowest BCUT2D eigenvalue weighted by molar-refractivity contribution is 0.283. The van der Waals surface area contributed by atoms with Crippen molar-refractivity contribution in [1.29, 1.82) is 0 Å². The normalized spacial score (nSPS) is 20.9. The summed E-state index contributed by atoms with van der Waals surface area (Å²) in [5.74, 6) is 0.657. The summed E-state index contributed by atoms with van der Waals surface area (Å²) in [4.78, 5) is 6.19. The summed E-state index contributed by atoms with van der Waals surface area (Å²) >= 11 is 0. The van der Waals surface area contributed by atoms with Crippen LogP contribution in [0.25, 0.3) is 0 Å². The standard InChI is InChI=1S/C11H16N2O3S/c14-11-3-2-10(12-8-11)9-13-4-1-6-17(15,16)7-5-13/h2-3,8,14H,1,4-7,9H2. The highest BCUT2D eigenvalue weighted by Gasteiger charge is 2.19. The van der Waals surface area contributed by atoms with Crippen LogP contribution < -0.4 is 0 Å². The second-order valence-corrected chi connectivity index (χ2v) is 6.59. The zero-order valence-corrected chi connectivity index (χ0v) is 10.4. The van der Waals surface area contributed by atoms with E-state index in [-0.39, 0.29) is 17.3 Å². The molecule has 1 aromatic rings. The second-order valence-electron chi connectivity index (χ2n) is 4.29. The molecule has 0 amide bonds. The maximum absolute atomic E-state index is 11.4. The molecule has 0 spiro atoms. The van der Waals surface area contributed by atoms with E-state index in [2.05, 4.69) is 9.88 Å². The van der Waals surface area contributed by atoms with Crippen LogP contribution in [0.15, 0.2) is 18.3 Å². The van der Waals surface area contributed by atoms with Crippen molar-refractivity contribution in [2.75, 3.05) is 24.6 Å². The van der Waals surface area contributed by atoms with Crippen LogP contribution in [0.5, 0.6) is 5.75 Å². The summed E-state index contributed by atoms with van der Waals surface area (Å²) in [5, 5.41) is 9.12. The lowest BCUT2D eigenvalue weighted by Gasteiger charge is -2.18. The summed E-state index contributed by atoms with van der Waals surface area (Å²) in [5.41, 5.74) is 0.849. The molecule has 1 aliphatic heterocycles. The van der Waals surface area contributed by atoms with Gasteiger partial charge in [-0.15, -0.1) is 0 Å². The zero-order valence-electron chi connectivity index (χ0n) is 9.54. The molecular weight excluding hydrogens is 240 g/mol. The number of hydrogen-bond acceptors (Lipinski definition) is 5. The smallest absolute Gasteiger partial charge is 0.151 e. The molecule has 0 radical (unpaired) electrons. The SMILES string of the molecule is O=S1(=O)CCCN(Cc2ccc(O)cn2)CC1. The van der Waals surface area contributed by atoms with Gasteiger partial charge in [-0.3, -0.25) is 9.88 Å². The molecule has 1 N–H and O–H groups in total. The van der Waals surface area contributed by atoms with E-state index in [9.17, 15) is 8.42 Å². The molecule has 2 heterocycles. The van der Waals surface area contributed by atoms with Crippen molar-refractivity contribution in [2.45, 2.75) is 13.0 Å². The van der Waals surface area contributed by atoms with Crippen LogP contribution in [-0.2, 0) is 16.4 Å². The molecule has 1 aromatic heterocycles. The molecule has 0 atom stereocenters. The third kappa shape index (κ3) is 3.67. The van der Waals surface area contributed by atoms with E-state index in [1.165, 1.54) is 6.20 Å². The Hall–Kier alpha value is -1.14. The molecule has 0 unspecified atom stereocenters. The first-order chi connectivity index (χ1) is 8.05. The fraction of sp³-hybridized carbons (Fsp3) is 0.545. The Morgan fingerprint density at radius 3 is 2.82 bits per heavy atom. The second kappa shape index (κ2) is 5.01. The molecule has 5 nitrogen and oxygen atoms in total. The monoisotopic (exact) mass is 256 g/mol. The maximum atomic E-state index is 11.4. The first-order valence-electron chi connectivity index (χ1n) is 5.62. The van der Waals surface area contributed by atoms with Gasteiger partial charge >= 0.3 is 0 Å². The van der Waals surface area contributed by atoms with Crippen LogP contribution in [0.1, 0.15) is 12.1 Å². The van der Waals surface area contributed by atoms with Crippen LogP contribution >= 0.6 is 0 Å². The molecule has 1 fully saturated rings. The number of rotatable bonds is 2. The highest BCUT2D eigenvalue weighted by atomic mass is 32.2. The van der Waals surface area contributed by atoms with Crippen molar-refractivity contribution < 1.29 is 13.5 Å². The van der Waals surface area contributed by atoms with Gasteiger partial charge in [0.1, 0.15) is 5.75 Å². The van der Waals surface area contributed by atoms with Crippen LogP contribution in [0, 0.1) is 0 Å². The van der Waals surface area contributed by atoms with Gasteiger partial charge in [0.15, 0.2) is 9.84 Å². The summed E-state index contributed by atoms with van der Waals surface area (Å²) in [6.07, 6.45) is 2.09. The summed E-state index contributed by atoms with van der Waals surface area (Å²) in [6, 6.07) is 3.35. The Kier molecular flexibility index (Phi) is 3.63. The third-order valence-corrected chi connectivity index (χ3v) is 4.56. The number of sulfone groups is 1. The number of aromatic hydroxyl groups is 1. The molecule has 6 heteroatoms. The van der Waals surface area contributed by atoms with Gasteiger partial charge < -0.3 is 5.11 Å².